The highest BCUT2D eigenvalue weighted by Crippen LogP contribution is 2.46. The highest BCUT2D eigenvalue weighted by Gasteiger charge is 2.50. The summed E-state index contributed by atoms with van der Waals surface area (Å²) in [4.78, 5) is 17.9. The summed E-state index contributed by atoms with van der Waals surface area (Å²) in [5, 5.41) is 0. The number of carbonyl (C=O) groups is 1. The van der Waals surface area contributed by atoms with Gasteiger partial charge in [-0.3, -0.25) is 9.78 Å². The van der Waals surface area contributed by atoms with Gasteiger partial charge >= 0.3 is 0 Å². The number of hydrogen-bond acceptors (Lipinski definition) is 4. The number of rotatable bonds is 5. The van der Waals surface area contributed by atoms with Gasteiger partial charge in [-0.15, -0.1) is 11.8 Å². The van der Waals surface area contributed by atoms with E-state index in [2.05, 4.69) is 11.9 Å². The molecule has 1 spiro atoms. The van der Waals surface area contributed by atoms with Crippen LogP contribution in [0, 0.1) is 0 Å². The van der Waals surface area contributed by atoms with Crippen LogP contribution in [0.15, 0.2) is 24.5 Å². The smallest absolute Gasteiger partial charge is 0.222 e. The van der Waals surface area contributed by atoms with Crippen molar-refractivity contribution in [1.29, 1.82) is 0 Å². The van der Waals surface area contributed by atoms with Gasteiger partial charge in [-0.1, -0.05) is 6.92 Å². The zero-order valence-electron chi connectivity index (χ0n) is 12.5. The first-order chi connectivity index (χ1) is 10.2. The van der Waals surface area contributed by atoms with E-state index in [1.807, 2.05) is 28.8 Å². The number of pyridine rings is 1. The molecular weight excluding hydrogens is 284 g/mol. The molecule has 1 aromatic rings. The quantitative estimate of drug-likeness (QED) is 0.838. The van der Waals surface area contributed by atoms with Crippen molar-refractivity contribution in [3.8, 4) is 0 Å². The number of thioether (sulfide) groups is 1. The summed E-state index contributed by atoms with van der Waals surface area (Å²) in [6.07, 6.45) is 6.60. The molecule has 2 saturated heterocycles. The number of hydrogen-bond donors (Lipinski definition) is 0. The molecule has 0 radical (unpaired) electrons. The Bertz CT molecular complexity index is 488. The Morgan fingerprint density at radius 1 is 1.48 bits per heavy atom. The molecule has 0 bridgehead atoms. The van der Waals surface area contributed by atoms with Gasteiger partial charge in [0.05, 0.1) is 17.5 Å². The first kappa shape index (κ1) is 14.9. The number of amides is 1. The third-order valence-electron chi connectivity index (χ3n) is 4.18. The molecule has 3 rings (SSSR count). The zero-order valence-corrected chi connectivity index (χ0v) is 13.3. The van der Waals surface area contributed by atoms with E-state index in [1.54, 1.807) is 12.4 Å². The minimum atomic E-state index is 0.270. The fraction of sp³-hybridized carbons (Fsp3) is 0.625. The van der Waals surface area contributed by atoms with Crippen LogP contribution in [-0.4, -0.2) is 45.5 Å². The lowest BCUT2D eigenvalue weighted by Crippen LogP contribution is -2.60. The van der Waals surface area contributed by atoms with Crippen LogP contribution in [0.3, 0.4) is 0 Å². The van der Waals surface area contributed by atoms with E-state index in [-0.39, 0.29) is 4.75 Å². The van der Waals surface area contributed by atoms with Crippen molar-refractivity contribution >= 4 is 17.7 Å². The Hall–Kier alpha value is -1.07. The van der Waals surface area contributed by atoms with Crippen LogP contribution < -0.4 is 0 Å². The molecule has 5 heteroatoms. The maximum absolute atomic E-state index is 11.8. The van der Waals surface area contributed by atoms with Gasteiger partial charge in [0.1, 0.15) is 0 Å². The van der Waals surface area contributed by atoms with Gasteiger partial charge < -0.3 is 9.64 Å². The third-order valence-corrected chi connectivity index (χ3v) is 5.76. The van der Waals surface area contributed by atoms with Gasteiger partial charge in [0.25, 0.3) is 0 Å². The van der Waals surface area contributed by atoms with Crippen LogP contribution >= 0.6 is 11.8 Å². The molecule has 0 N–H and O–H groups in total. The molecular formula is C16H22N2O2S. The van der Waals surface area contributed by atoms with Gasteiger partial charge in [0.2, 0.25) is 5.91 Å². The zero-order chi connectivity index (χ0) is 14.7. The monoisotopic (exact) mass is 306 g/mol. The summed E-state index contributed by atoms with van der Waals surface area (Å²) in [7, 11) is 0. The van der Waals surface area contributed by atoms with E-state index in [0.717, 1.165) is 31.7 Å². The van der Waals surface area contributed by atoms with Crippen LogP contribution in [0.2, 0.25) is 0 Å². The molecule has 0 aliphatic carbocycles. The maximum Gasteiger partial charge on any atom is 0.222 e. The second-order valence-corrected chi connectivity index (χ2v) is 7.47. The van der Waals surface area contributed by atoms with Crippen molar-refractivity contribution in [2.24, 2.45) is 0 Å². The van der Waals surface area contributed by atoms with Crippen molar-refractivity contribution in [3.63, 3.8) is 0 Å². The van der Waals surface area contributed by atoms with Crippen molar-refractivity contribution in [2.75, 3.05) is 18.8 Å². The lowest BCUT2D eigenvalue weighted by atomic mass is 9.92. The first-order valence-corrected chi connectivity index (χ1v) is 8.61. The fourth-order valence-electron chi connectivity index (χ4n) is 3.02. The summed E-state index contributed by atoms with van der Waals surface area (Å²) in [5.74, 6) is 1.35. The molecule has 2 fully saturated rings. The molecule has 0 saturated carbocycles. The Labute approximate surface area is 130 Å². The number of likely N-dealkylation sites (tertiary alicyclic amines) is 1. The van der Waals surface area contributed by atoms with E-state index in [0.29, 0.717) is 25.0 Å². The fourth-order valence-corrected chi connectivity index (χ4v) is 4.57. The SMILES string of the molecule is CCCC(=O)N1CC2(C[C@@H](OCc3ccncc3)CS2)C1. The number of carbonyl (C=O) groups excluding carboxylic acids is 1. The predicted molar refractivity (Wildman–Crippen MR) is 84.1 cm³/mol. The average Bonchev–Trinajstić information content (AvgIpc) is 2.89. The molecule has 3 heterocycles. The first-order valence-electron chi connectivity index (χ1n) is 7.63. The summed E-state index contributed by atoms with van der Waals surface area (Å²) in [6, 6.07) is 3.98. The summed E-state index contributed by atoms with van der Waals surface area (Å²) >= 11 is 1.98. The van der Waals surface area contributed by atoms with E-state index in [9.17, 15) is 4.79 Å². The number of ether oxygens (including phenoxy) is 1. The second kappa shape index (κ2) is 6.36. The van der Waals surface area contributed by atoms with Crippen LogP contribution in [-0.2, 0) is 16.1 Å². The largest absolute Gasteiger partial charge is 0.373 e. The molecule has 114 valence electrons. The van der Waals surface area contributed by atoms with Gasteiger partial charge in [-0.2, -0.15) is 0 Å². The van der Waals surface area contributed by atoms with E-state index >= 15 is 0 Å². The Kier molecular flexibility index (Phi) is 4.50. The molecule has 1 aromatic heterocycles. The highest BCUT2D eigenvalue weighted by atomic mass is 32.2. The lowest BCUT2D eigenvalue weighted by molar-refractivity contribution is -0.136. The van der Waals surface area contributed by atoms with Gasteiger partial charge in [0.15, 0.2) is 0 Å². The lowest BCUT2D eigenvalue weighted by Gasteiger charge is -2.47. The Morgan fingerprint density at radius 2 is 2.24 bits per heavy atom. The molecule has 4 nitrogen and oxygen atoms in total. The van der Waals surface area contributed by atoms with Crippen LogP contribution in [0.4, 0.5) is 0 Å². The van der Waals surface area contributed by atoms with Gasteiger partial charge in [-0.25, -0.2) is 0 Å². The van der Waals surface area contributed by atoms with Gasteiger partial charge in [-0.05, 0) is 30.5 Å². The van der Waals surface area contributed by atoms with Crippen molar-refractivity contribution < 1.29 is 9.53 Å². The maximum atomic E-state index is 11.8. The Balaban J connectivity index is 1.43. The van der Waals surface area contributed by atoms with Crippen LogP contribution in [0.25, 0.3) is 0 Å². The Morgan fingerprint density at radius 3 is 2.95 bits per heavy atom. The van der Waals surface area contributed by atoms with Crippen LogP contribution in [0.1, 0.15) is 31.7 Å². The van der Waals surface area contributed by atoms with E-state index in [1.165, 1.54) is 5.56 Å². The molecule has 2 aliphatic heterocycles. The molecule has 0 aromatic carbocycles. The number of nitrogens with zero attached hydrogens (tertiary/aromatic N) is 2. The minimum Gasteiger partial charge on any atom is -0.373 e. The molecule has 2 aliphatic rings. The summed E-state index contributed by atoms with van der Waals surface area (Å²) in [6.45, 7) is 4.53. The average molecular weight is 306 g/mol. The predicted octanol–water partition coefficient (Wildman–Crippen LogP) is 2.48. The van der Waals surface area contributed by atoms with Crippen molar-refractivity contribution in [2.45, 2.75) is 43.6 Å². The highest BCUT2D eigenvalue weighted by molar-refractivity contribution is 8.01. The van der Waals surface area contributed by atoms with Crippen molar-refractivity contribution in [1.82, 2.24) is 9.88 Å². The molecule has 0 unspecified atom stereocenters. The standard InChI is InChI=1S/C16H22N2O2S/c1-2-3-15(19)18-11-16(12-18)8-14(10-21-16)20-9-13-4-6-17-7-5-13/h4-7,14H,2-3,8-12H2,1H3/t14-/m1/s1. The summed E-state index contributed by atoms with van der Waals surface area (Å²) in [5.41, 5.74) is 1.17. The second-order valence-electron chi connectivity index (χ2n) is 5.99. The summed E-state index contributed by atoms with van der Waals surface area (Å²) < 4.78 is 6.28. The van der Waals surface area contributed by atoms with E-state index in [4.69, 9.17) is 4.74 Å². The molecule has 1 amide bonds. The topological polar surface area (TPSA) is 42.4 Å². The van der Waals surface area contributed by atoms with Crippen molar-refractivity contribution in [3.05, 3.63) is 30.1 Å². The van der Waals surface area contributed by atoms with Crippen LogP contribution in [0.5, 0.6) is 0 Å². The molecule has 21 heavy (non-hydrogen) atoms. The molecule has 1 atom stereocenters. The van der Waals surface area contributed by atoms with Gasteiger partial charge in [0, 0.05) is 37.7 Å². The third kappa shape index (κ3) is 3.40. The van der Waals surface area contributed by atoms with E-state index < -0.39 is 0 Å². The normalized spacial score (nSPS) is 23.3. The number of aromatic nitrogens is 1. The minimum absolute atomic E-state index is 0.270.